The van der Waals surface area contributed by atoms with Crippen LogP contribution >= 0.6 is 0 Å². The summed E-state index contributed by atoms with van der Waals surface area (Å²) in [6.45, 7) is 4.65. The van der Waals surface area contributed by atoms with E-state index in [2.05, 4.69) is 10.2 Å². The fourth-order valence-electron chi connectivity index (χ4n) is 4.54. The summed E-state index contributed by atoms with van der Waals surface area (Å²) in [7, 11) is 1.59. The monoisotopic (exact) mass is 532 g/mol. The molecule has 1 N–H and O–H groups in total. The van der Waals surface area contributed by atoms with E-state index in [4.69, 9.17) is 4.74 Å². The van der Waals surface area contributed by atoms with Gasteiger partial charge in [-0.15, -0.1) is 0 Å². The third-order valence-electron chi connectivity index (χ3n) is 6.64. The van der Waals surface area contributed by atoms with Crippen molar-refractivity contribution in [1.29, 1.82) is 0 Å². The summed E-state index contributed by atoms with van der Waals surface area (Å²) < 4.78 is 19.3. The number of rotatable bonds is 9. The van der Waals surface area contributed by atoms with Crippen LogP contribution in [-0.4, -0.2) is 73.9 Å². The summed E-state index contributed by atoms with van der Waals surface area (Å²) >= 11 is 0. The van der Waals surface area contributed by atoms with Crippen LogP contribution in [-0.2, 0) is 4.79 Å². The van der Waals surface area contributed by atoms with Crippen molar-refractivity contribution in [3.05, 3.63) is 89.7 Å². The first-order valence-corrected chi connectivity index (χ1v) is 13.0. The van der Waals surface area contributed by atoms with E-state index >= 15 is 0 Å². The first-order chi connectivity index (χ1) is 18.9. The number of piperazine rings is 1. The van der Waals surface area contributed by atoms with Gasteiger partial charge in [0.2, 0.25) is 5.91 Å². The summed E-state index contributed by atoms with van der Waals surface area (Å²) in [5, 5.41) is 2.82. The maximum Gasteiger partial charge on any atom is 0.257 e. The summed E-state index contributed by atoms with van der Waals surface area (Å²) in [6.07, 6.45) is 0.640. The number of ether oxygens (including phenoxy) is 1. The normalized spacial score (nSPS) is 13.1. The average molecular weight is 533 g/mol. The Morgan fingerprint density at radius 3 is 2.21 bits per heavy atom. The summed E-state index contributed by atoms with van der Waals surface area (Å²) in [4.78, 5) is 43.7. The molecule has 0 aliphatic carbocycles. The van der Waals surface area contributed by atoms with Gasteiger partial charge in [-0.05, 0) is 67.1 Å². The molecule has 0 unspecified atom stereocenters. The Morgan fingerprint density at radius 1 is 0.923 bits per heavy atom. The molecular weight excluding hydrogens is 499 g/mol. The number of benzene rings is 3. The third-order valence-corrected chi connectivity index (χ3v) is 6.64. The lowest BCUT2D eigenvalue weighted by Crippen LogP contribution is -2.48. The largest absolute Gasteiger partial charge is 0.497 e. The molecule has 0 spiro atoms. The molecule has 8 nitrogen and oxygen atoms in total. The molecule has 1 aliphatic heterocycles. The van der Waals surface area contributed by atoms with Crippen molar-refractivity contribution in [3.8, 4) is 5.75 Å². The van der Waals surface area contributed by atoms with Crippen LogP contribution in [0.2, 0.25) is 0 Å². The molecule has 0 bridgehead atoms. The lowest BCUT2D eigenvalue weighted by Gasteiger charge is -2.36. The lowest BCUT2D eigenvalue weighted by molar-refractivity contribution is -0.116. The Labute approximate surface area is 228 Å². The number of hydrogen-bond donors (Lipinski definition) is 1. The second-order valence-electron chi connectivity index (χ2n) is 9.31. The van der Waals surface area contributed by atoms with Crippen LogP contribution in [0.3, 0.4) is 0 Å². The molecule has 3 amide bonds. The number of halogens is 1. The quantitative estimate of drug-likeness (QED) is 0.445. The molecule has 1 aliphatic rings. The number of methoxy groups -OCH3 is 1. The zero-order valence-electron chi connectivity index (χ0n) is 22.2. The van der Waals surface area contributed by atoms with Crippen molar-refractivity contribution in [1.82, 2.24) is 9.80 Å². The van der Waals surface area contributed by atoms with E-state index in [-0.39, 0.29) is 23.9 Å². The molecule has 0 atom stereocenters. The highest BCUT2D eigenvalue weighted by molar-refractivity contribution is 5.99. The fraction of sp³-hybridized carbons (Fsp3) is 0.300. The van der Waals surface area contributed by atoms with E-state index in [0.717, 1.165) is 5.69 Å². The number of nitrogens with zero attached hydrogens (tertiary/aromatic N) is 3. The molecule has 9 heteroatoms. The van der Waals surface area contributed by atoms with Crippen LogP contribution in [0, 0.1) is 5.82 Å². The zero-order chi connectivity index (χ0) is 27.8. The van der Waals surface area contributed by atoms with Gasteiger partial charge in [0.25, 0.3) is 11.8 Å². The lowest BCUT2D eigenvalue weighted by atomic mass is 10.1. The highest BCUT2D eigenvalue weighted by Gasteiger charge is 2.23. The number of nitrogens with one attached hydrogen (secondary N) is 1. The second-order valence-corrected chi connectivity index (χ2v) is 9.31. The van der Waals surface area contributed by atoms with E-state index in [1.165, 1.54) is 23.1 Å². The van der Waals surface area contributed by atoms with Crippen molar-refractivity contribution < 1.29 is 23.5 Å². The number of carbonyl (C=O) groups is 3. The van der Waals surface area contributed by atoms with Gasteiger partial charge in [0.15, 0.2) is 0 Å². The molecular formula is C30H33FN4O4. The van der Waals surface area contributed by atoms with Crippen LogP contribution in [0.4, 0.5) is 15.8 Å². The van der Waals surface area contributed by atoms with Crippen LogP contribution < -0.4 is 15.0 Å². The summed E-state index contributed by atoms with van der Waals surface area (Å²) in [5.74, 6) is -0.756. The molecule has 3 aromatic rings. The van der Waals surface area contributed by atoms with Crippen molar-refractivity contribution >= 4 is 29.1 Å². The Bertz CT molecular complexity index is 1290. The number of carbonyl (C=O) groups excluding carboxylic acids is 3. The SMILES string of the molecule is CCCN(CC(=O)Nc1ccc(N2CCN(C(=O)c3ccc(OC)cc3)CC2)cc1)C(=O)c1ccccc1F. The van der Waals surface area contributed by atoms with E-state index < -0.39 is 11.7 Å². The maximum absolute atomic E-state index is 14.1. The van der Waals surface area contributed by atoms with E-state index in [9.17, 15) is 18.8 Å². The molecule has 1 heterocycles. The molecule has 4 rings (SSSR count). The van der Waals surface area contributed by atoms with Crippen LogP contribution in [0.5, 0.6) is 5.75 Å². The molecule has 0 radical (unpaired) electrons. The summed E-state index contributed by atoms with van der Waals surface area (Å²) in [6, 6.07) is 20.4. The van der Waals surface area contributed by atoms with Crippen LogP contribution in [0.15, 0.2) is 72.8 Å². The van der Waals surface area contributed by atoms with Crippen LogP contribution in [0.1, 0.15) is 34.1 Å². The summed E-state index contributed by atoms with van der Waals surface area (Å²) in [5.41, 5.74) is 2.19. The number of hydrogen-bond acceptors (Lipinski definition) is 5. The molecule has 3 aromatic carbocycles. The second kappa shape index (κ2) is 12.9. The van der Waals surface area contributed by atoms with Gasteiger partial charge in [0.05, 0.1) is 12.7 Å². The highest BCUT2D eigenvalue weighted by Crippen LogP contribution is 2.21. The number of amides is 3. The fourth-order valence-corrected chi connectivity index (χ4v) is 4.54. The van der Waals surface area contributed by atoms with Gasteiger partial charge in [0, 0.05) is 49.7 Å². The first-order valence-electron chi connectivity index (χ1n) is 13.0. The van der Waals surface area contributed by atoms with Crippen molar-refractivity contribution in [2.24, 2.45) is 0 Å². The molecule has 204 valence electrons. The Morgan fingerprint density at radius 2 is 1.59 bits per heavy atom. The topological polar surface area (TPSA) is 82.2 Å². The van der Waals surface area contributed by atoms with Gasteiger partial charge in [-0.25, -0.2) is 4.39 Å². The van der Waals surface area contributed by atoms with Gasteiger partial charge in [-0.3, -0.25) is 14.4 Å². The predicted molar refractivity (Wildman–Crippen MR) is 149 cm³/mol. The van der Waals surface area contributed by atoms with Crippen LogP contribution in [0.25, 0.3) is 0 Å². The van der Waals surface area contributed by atoms with E-state index in [1.807, 2.05) is 36.1 Å². The molecule has 1 fully saturated rings. The molecule has 0 aromatic heterocycles. The van der Waals surface area contributed by atoms with E-state index in [0.29, 0.717) is 56.1 Å². The minimum atomic E-state index is -0.606. The average Bonchev–Trinajstić information content (AvgIpc) is 2.97. The van der Waals surface area contributed by atoms with Crippen molar-refractivity contribution in [2.75, 3.05) is 56.6 Å². The van der Waals surface area contributed by atoms with E-state index in [1.54, 1.807) is 37.4 Å². The minimum Gasteiger partial charge on any atom is -0.497 e. The number of anilines is 2. The maximum atomic E-state index is 14.1. The van der Waals surface area contributed by atoms with Gasteiger partial charge in [-0.2, -0.15) is 0 Å². The standard InChI is InChI=1S/C30H33FN4O4/c1-3-16-35(30(38)26-6-4-5-7-27(26)31)21-28(36)32-23-10-12-24(13-11-23)33-17-19-34(20-18-33)29(37)22-8-14-25(39-2)15-9-22/h4-15H,3,16-21H2,1-2H3,(H,32,36). The molecule has 0 saturated carbocycles. The smallest absolute Gasteiger partial charge is 0.257 e. The van der Waals surface area contributed by atoms with Crippen molar-refractivity contribution in [3.63, 3.8) is 0 Å². The first kappa shape index (κ1) is 27.6. The van der Waals surface area contributed by atoms with Gasteiger partial charge in [0.1, 0.15) is 18.1 Å². The Balaban J connectivity index is 1.30. The molecule has 1 saturated heterocycles. The minimum absolute atomic E-state index is 0.000893. The Kier molecular flexibility index (Phi) is 9.14. The predicted octanol–water partition coefficient (Wildman–Crippen LogP) is 4.29. The zero-order valence-corrected chi connectivity index (χ0v) is 22.2. The van der Waals surface area contributed by atoms with Gasteiger partial charge in [-0.1, -0.05) is 19.1 Å². The van der Waals surface area contributed by atoms with Gasteiger partial charge >= 0.3 is 0 Å². The van der Waals surface area contributed by atoms with Gasteiger partial charge < -0.3 is 24.8 Å². The third kappa shape index (κ3) is 6.93. The van der Waals surface area contributed by atoms with Crippen molar-refractivity contribution in [2.45, 2.75) is 13.3 Å². The molecule has 39 heavy (non-hydrogen) atoms. The Hall–Kier alpha value is -4.40. The highest BCUT2D eigenvalue weighted by atomic mass is 19.1.